The van der Waals surface area contributed by atoms with Gasteiger partial charge in [-0.15, -0.1) is 0 Å². The molecule has 0 saturated carbocycles. The summed E-state index contributed by atoms with van der Waals surface area (Å²) in [5, 5.41) is 0. The van der Waals surface area contributed by atoms with Gasteiger partial charge in [0, 0.05) is 0 Å². The summed E-state index contributed by atoms with van der Waals surface area (Å²) < 4.78 is 46.6. The quantitative estimate of drug-likeness (QED) is 0.137. The molecule has 6 heteroatoms. The summed E-state index contributed by atoms with van der Waals surface area (Å²) in [7, 11) is -4.89. The zero-order valence-corrected chi connectivity index (χ0v) is 21.2. The number of rotatable bonds is 21. The SMILES string of the molecule is CCCCCCCCCCCCC(C(CCCCCCCCCC)=S(=O)=O)=S(=O)=O. The van der Waals surface area contributed by atoms with Crippen molar-refractivity contribution in [3.8, 4) is 0 Å². The molecule has 0 spiro atoms. The third-order valence-electron chi connectivity index (χ3n) is 5.73. The Bertz CT molecular complexity index is 660. The molecule has 30 heavy (non-hydrogen) atoms. The number of unbranched alkanes of at least 4 members (excludes halogenated alkanes) is 16. The van der Waals surface area contributed by atoms with Crippen molar-refractivity contribution in [2.75, 3.05) is 0 Å². The maximum absolute atomic E-state index is 11.6. The lowest BCUT2D eigenvalue weighted by atomic mass is 10.0. The average Bonchev–Trinajstić information content (AvgIpc) is 2.71. The molecular formula is C24H46O4S2. The van der Waals surface area contributed by atoms with Gasteiger partial charge >= 0.3 is 0 Å². The molecule has 178 valence electrons. The Morgan fingerprint density at radius 2 is 0.633 bits per heavy atom. The van der Waals surface area contributed by atoms with Gasteiger partial charge in [0.1, 0.15) is 0 Å². The van der Waals surface area contributed by atoms with Crippen LogP contribution in [0.3, 0.4) is 0 Å². The van der Waals surface area contributed by atoms with Crippen LogP contribution in [0.1, 0.15) is 142 Å². The zero-order chi connectivity index (χ0) is 22.5. The highest BCUT2D eigenvalue weighted by Gasteiger charge is 2.13. The standard InChI is InChI=1S/C24H46O4S2/c1-3-5-7-9-11-13-14-16-18-20-22-24(30(27)28)23(29(25)26)21-19-17-15-12-10-8-6-4-2/h3-22H2,1-2H3. The van der Waals surface area contributed by atoms with Crippen molar-refractivity contribution in [1.82, 2.24) is 0 Å². The zero-order valence-electron chi connectivity index (χ0n) is 19.6. The fourth-order valence-corrected chi connectivity index (χ4v) is 5.43. The lowest BCUT2D eigenvalue weighted by molar-refractivity contribution is 0.559. The molecule has 4 nitrogen and oxygen atoms in total. The van der Waals surface area contributed by atoms with Crippen molar-refractivity contribution in [1.29, 1.82) is 0 Å². The Kier molecular flexibility index (Phi) is 21.2. The van der Waals surface area contributed by atoms with Crippen molar-refractivity contribution in [3.63, 3.8) is 0 Å². The van der Waals surface area contributed by atoms with Gasteiger partial charge in [-0.05, 0) is 25.7 Å². The predicted octanol–water partition coefficient (Wildman–Crippen LogP) is 6.93. The van der Waals surface area contributed by atoms with Gasteiger partial charge in [-0.1, -0.05) is 117 Å². The lowest BCUT2D eigenvalue weighted by Crippen LogP contribution is -2.16. The largest absolute Gasteiger partial charge is 0.218 e. The minimum atomic E-state index is -2.44. The Balaban J connectivity index is 4.16. The third kappa shape index (κ3) is 17.1. The van der Waals surface area contributed by atoms with Gasteiger partial charge in [-0.2, -0.15) is 16.8 Å². The molecule has 0 atom stereocenters. The summed E-state index contributed by atoms with van der Waals surface area (Å²) in [6, 6.07) is 0. The molecule has 0 aliphatic rings. The van der Waals surface area contributed by atoms with Crippen molar-refractivity contribution in [2.24, 2.45) is 0 Å². The van der Waals surface area contributed by atoms with Crippen LogP contribution in [-0.2, 0) is 20.6 Å². The van der Waals surface area contributed by atoms with E-state index in [1.54, 1.807) is 0 Å². The fourth-order valence-electron chi connectivity index (χ4n) is 3.82. The van der Waals surface area contributed by atoms with E-state index in [1.165, 1.54) is 77.0 Å². The predicted molar refractivity (Wildman–Crippen MR) is 132 cm³/mol. The second kappa shape index (κ2) is 21.6. The Morgan fingerprint density at radius 1 is 0.400 bits per heavy atom. The van der Waals surface area contributed by atoms with Gasteiger partial charge in [0.25, 0.3) is 0 Å². The summed E-state index contributed by atoms with van der Waals surface area (Å²) in [4.78, 5) is 0.232. The molecule has 0 aliphatic carbocycles. The third-order valence-corrected chi connectivity index (χ3v) is 7.56. The summed E-state index contributed by atoms with van der Waals surface area (Å²) >= 11 is 0. The summed E-state index contributed by atoms with van der Waals surface area (Å²) in [5.41, 5.74) is 0. The Labute approximate surface area is 189 Å². The van der Waals surface area contributed by atoms with Crippen LogP contribution < -0.4 is 0 Å². The molecule has 0 aliphatic heterocycles. The topological polar surface area (TPSA) is 68.3 Å². The van der Waals surface area contributed by atoms with E-state index in [2.05, 4.69) is 13.8 Å². The Hall–Kier alpha value is -0.620. The average molecular weight is 463 g/mol. The molecule has 0 heterocycles. The van der Waals surface area contributed by atoms with E-state index in [0.29, 0.717) is 12.8 Å². The van der Waals surface area contributed by atoms with Gasteiger partial charge in [-0.25, -0.2) is 0 Å². The van der Waals surface area contributed by atoms with Crippen molar-refractivity contribution in [3.05, 3.63) is 0 Å². The van der Waals surface area contributed by atoms with E-state index in [0.717, 1.165) is 38.5 Å². The fraction of sp³-hybridized carbons (Fsp3) is 0.917. The maximum atomic E-state index is 11.6. The summed E-state index contributed by atoms with van der Waals surface area (Å²) in [6.45, 7) is 4.42. The molecule has 0 bridgehead atoms. The van der Waals surface area contributed by atoms with Crippen molar-refractivity contribution < 1.29 is 16.8 Å². The molecule has 0 rings (SSSR count). The number of hydrogen-bond acceptors (Lipinski definition) is 4. The van der Waals surface area contributed by atoms with E-state index < -0.39 is 20.6 Å². The van der Waals surface area contributed by atoms with Gasteiger partial charge in [-0.3, -0.25) is 0 Å². The van der Waals surface area contributed by atoms with Gasteiger partial charge in [0.05, 0.1) is 9.73 Å². The van der Waals surface area contributed by atoms with Gasteiger partial charge in [0.15, 0.2) is 0 Å². The smallest absolute Gasteiger partial charge is 0.184 e. The van der Waals surface area contributed by atoms with E-state index in [1.807, 2.05) is 0 Å². The minimum absolute atomic E-state index is 0.116. The first-order valence-corrected chi connectivity index (χ1v) is 14.6. The van der Waals surface area contributed by atoms with E-state index in [9.17, 15) is 16.8 Å². The molecule has 0 fully saturated rings. The van der Waals surface area contributed by atoms with Crippen LogP contribution in [0.15, 0.2) is 0 Å². The first kappa shape index (κ1) is 29.4. The van der Waals surface area contributed by atoms with Crippen LogP contribution in [0, 0.1) is 0 Å². The molecule has 0 aromatic rings. The first-order chi connectivity index (χ1) is 14.5. The normalized spacial score (nSPS) is 10.9. The maximum Gasteiger partial charge on any atom is 0.218 e. The highest BCUT2D eigenvalue weighted by molar-refractivity contribution is 7.82. The highest BCUT2D eigenvalue weighted by Crippen LogP contribution is 2.13. The lowest BCUT2D eigenvalue weighted by Gasteiger charge is -2.06. The second-order valence-electron chi connectivity index (χ2n) is 8.47. The van der Waals surface area contributed by atoms with Crippen LogP contribution in [0.25, 0.3) is 0 Å². The van der Waals surface area contributed by atoms with Gasteiger partial charge < -0.3 is 0 Å². The van der Waals surface area contributed by atoms with Gasteiger partial charge in [0.2, 0.25) is 20.6 Å². The van der Waals surface area contributed by atoms with Crippen LogP contribution in [0.2, 0.25) is 0 Å². The van der Waals surface area contributed by atoms with Crippen molar-refractivity contribution in [2.45, 2.75) is 142 Å². The van der Waals surface area contributed by atoms with E-state index in [4.69, 9.17) is 0 Å². The van der Waals surface area contributed by atoms with Crippen LogP contribution in [0.4, 0.5) is 0 Å². The summed E-state index contributed by atoms with van der Waals surface area (Å²) in [6.07, 6.45) is 21.5. The molecular weight excluding hydrogens is 416 g/mol. The molecule has 0 amide bonds. The Morgan fingerprint density at radius 3 is 0.867 bits per heavy atom. The molecule has 0 unspecified atom stereocenters. The molecule has 0 aromatic heterocycles. The molecule has 0 aromatic carbocycles. The van der Waals surface area contributed by atoms with Crippen molar-refractivity contribution >= 4 is 30.3 Å². The first-order valence-electron chi connectivity index (χ1n) is 12.4. The van der Waals surface area contributed by atoms with Crippen LogP contribution in [0.5, 0.6) is 0 Å². The highest BCUT2D eigenvalue weighted by atomic mass is 32.2. The second-order valence-corrected chi connectivity index (χ2v) is 10.4. The van der Waals surface area contributed by atoms with E-state index >= 15 is 0 Å². The van der Waals surface area contributed by atoms with Crippen LogP contribution >= 0.6 is 0 Å². The number of hydrogen-bond donors (Lipinski definition) is 0. The minimum Gasteiger partial charge on any atom is -0.184 e. The molecule has 0 saturated heterocycles. The monoisotopic (exact) mass is 462 g/mol. The van der Waals surface area contributed by atoms with E-state index in [-0.39, 0.29) is 9.73 Å². The molecule has 0 N–H and O–H groups in total. The molecule has 0 radical (unpaired) electrons. The summed E-state index contributed by atoms with van der Waals surface area (Å²) in [5.74, 6) is 0. The van der Waals surface area contributed by atoms with Crippen LogP contribution in [-0.4, -0.2) is 26.6 Å².